The van der Waals surface area contributed by atoms with Gasteiger partial charge in [-0.05, 0) is 0 Å². The number of methoxy groups -OCH3 is 2. The Labute approximate surface area is 198 Å². The third-order valence-electron chi connectivity index (χ3n) is 5.22. The maximum Gasteiger partial charge on any atom is 0.469 e. The van der Waals surface area contributed by atoms with Gasteiger partial charge in [0.15, 0.2) is 11.5 Å². The molecule has 0 spiro atoms. The van der Waals surface area contributed by atoms with Crippen molar-refractivity contribution >= 4 is 24.8 Å². The Kier molecular flexibility index (Phi) is 7.37. The van der Waals surface area contributed by atoms with Gasteiger partial charge in [-0.1, -0.05) is 0 Å². The molecule has 3 heterocycles. The number of benzene rings is 1. The van der Waals surface area contributed by atoms with E-state index in [1.165, 1.54) is 32.9 Å². The first kappa shape index (κ1) is 25.1. The summed E-state index contributed by atoms with van der Waals surface area (Å²) in [5.74, 6) is 1.43. The van der Waals surface area contributed by atoms with E-state index in [0.29, 0.717) is 34.0 Å². The summed E-state index contributed by atoms with van der Waals surface area (Å²) in [6.45, 7) is -0.518. The van der Waals surface area contributed by atoms with Crippen LogP contribution in [0.4, 0.5) is 5.82 Å². The number of rotatable bonds is 10. The Morgan fingerprint density at radius 3 is 2.60 bits per heavy atom. The number of imidazole rings is 1. The molecule has 1 aliphatic heterocycles. The topological polar surface area (TPSA) is 211 Å². The summed E-state index contributed by atoms with van der Waals surface area (Å²) in [5.41, 5.74) is 1.56. The van der Waals surface area contributed by atoms with Crippen LogP contribution in [0.5, 0.6) is 17.2 Å². The summed E-state index contributed by atoms with van der Waals surface area (Å²) < 4.78 is 37.5. The predicted octanol–water partition coefficient (Wildman–Crippen LogP) is -0.0830. The number of nitrogens with zero attached hydrogens (tertiary/aromatic N) is 3. The third kappa shape index (κ3) is 5.62. The van der Waals surface area contributed by atoms with Crippen LogP contribution in [-0.4, -0.2) is 85.4 Å². The fourth-order valence-corrected chi connectivity index (χ4v) is 3.83. The van der Waals surface area contributed by atoms with Crippen LogP contribution in [0, 0.1) is 0 Å². The van der Waals surface area contributed by atoms with Crippen LogP contribution in [0.2, 0.25) is 0 Å². The number of aromatic amines is 1. The highest BCUT2D eigenvalue weighted by atomic mass is 31.2. The first-order valence-electron chi connectivity index (χ1n) is 10.2. The Hall–Kier alpha value is -3.04. The van der Waals surface area contributed by atoms with E-state index in [-0.39, 0.29) is 12.3 Å². The van der Waals surface area contributed by atoms with Gasteiger partial charge in [0.1, 0.15) is 47.4 Å². The van der Waals surface area contributed by atoms with Crippen molar-refractivity contribution in [3.63, 3.8) is 0 Å². The van der Waals surface area contributed by atoms with Crippen molar-refractivity contribution in [2.24, 2.45) is 0 Å². The summed E-state index contributed by atoms with van der Waals surface area (Å²) in [6, 6.07) is 3.17. The zero-order chi connectivity index (χ0) is 25.2. The fraction of sp³-hybridized carbons (Fsp3) is 0.421. The average molecular weight is 513 g/mol. The smallest absolute Gasteiger partial charge is 0.469 e. The van der Waals surface area contributed by atoms with Crippen molar-refractivity contribution in [1.29, 1.82) is 0 Å². The van der Waals surface area contributed by atoms with Gasteiger partial charge in [-0.3, -0.25) is 4.52 Å². The van der Waals surface area contributed by atoms with Gasteiger partial charge in [-0.2, -0.15) is 0 Å². The molecule has 16 heteroatoms. The summed E-state index contributed by atoms with van der Waals surface area (Å²) >= 11 is 0. The van der Waals surface area contributed by atoms with Crippen LogP contribution >= 0.6 is 7.82 Å². The highest BCUT2D eigenvalue weighted by Gasteiger charge is 2.45. The molecule has 190 valence electrons. The highest BCUT2D eigenvalue weighted by molar-refractivity contribution is 7.46. The summed E-state index contributed by atoms with van der Waals surface area (Å²) in [6.07, 6.45) is -2.84. The minimum atomic E-state index is -4.80. The summed E-state index contributed by atoms with van der Waals surface area (Å²) in [7, 11) is -1.89. The van der Waals surface area contributed by atoms with E-state index in [1.807, 2.05) is 0 Å². The second-order valence-electron chi connectivity index (χ2n) is 7.41. The maximum absolute atomic E-state index is 11.0. The van der Waals surface area contributed by atoms with E-state index in [4.69, 9.17) is 28.7 Å². The van der Waals surface area contributed by atoms with Crippen LogP contribution < -0.4 is 19.5 Å². The monoisotopic (exact) mass is 513 g/mol. The number of hydrogen-bond acceptors (Lipinski definition) is 12. The lowest BCUT2D eigenvalue weighted by Crippen LogP contribution is -2.36. The number of fused-ring (bicyclic) bond motifs is 1. The Morgan fingerprint density at radius 1 is 1.11 bits per heavy atom. The molecule has 1 aliphatic rings. The Bertz CT molecular complexity index is 1220. The van der Waals surface area contributed by atoms with Crippen molar-refractivity contribution in [3.8, 4) is 17.2 Å². The van der Waals surface area contributed by atoms with Gasteiger partial charge in [0.05, 0.1) is 32.7 Å². The molecule has 3 aromatic rings. The van der Waals surface area contributed by atoms with Gasteiger partial charge in [0.25, 0.3) is 0 Å². The minimum absolute atomic E-state index is 0.143. The fourth-order valence-electron chi connectivity index (χ4n) is 3.49. The van der Waals surface area contributed by atoms with E-state index in [2.05, 4.69) is 29.8 Å². The van der Waals surface area contributed by atoms with Crippen LogP contribution in [0.15, 0.2) is 24.8 Å². The van der Waals surface area contributed by atoms with E-state index in [0.717, 1.165) is 0 Å². The first-order chi connectivity index (χ1) is 16.7. The number of hydrogen-bond donors (Lipinski definition) is 6. The van der Waals surface area contributed by atoms with E-state index in [1.54, 1.807) is 6.07 Å². The molecule has 0 saturated carbocycles. The number of nitrogens with one attached hydrogen (secondary N) is 2. The Morgan fingerprint density at radius 2 is 1.89 bits per heavy atom. The van der Waals surface area contributed by atoms with Crippen molar-refractivity contribution < 1.29 is 48.0 Å². The molecule has 1 unspecified atom stereocenters. The lowest BCUT2D eigenvalue weighted by molar-refractivity contribution is -0.116. The van der Waals surface area contributed by atoms with Crippen molar-refractivity contribution in [2.75, 3.05) is 26.1 Å². The van der Waals surface area contributed by atoms with Gasteiger partial charge >= 0.3 is 7.82 Å². The minimum Gasteiger partial charge on any atom is -0.496 e. The number of aliphatic hydroxyl groups excluding tert-OH is 2. The lowest BCUT2D eigenvalue weighted by Gasteiger charge is -2.22. The molecule has 15 nitrogen and oxygen atoms in total. The molecule has 0 bridgehead atoms. The Balaban J connectivity index is 1.58. The normalized spacial score (nSPS) is 22.3. The maximum atomic E-state index is 11.0. The van der Waals surface area contributed by atoms with Crippen LogP contribution in [0.25, 0.3) is 11.2 Å². The number of aliphatic hydroxyl groups is 2. The number of H-pyrrole nitrogens is 1. The molecule has 4 atom stereocenters. The van der Waals surface area contributed by atoms with Crippen LogP contribution in [0.1, 0.15) is 5.56 Å². The summed E-state index contributed by atoms with van der Waals surface area (Å²) in [4.78, 5) is 33.1. The van der Waals surface area contributed by atoms with Crippen LogP contribution in [-0.2, 0) is 20.4 Å². The standard InChI is InChI=1S/C19H24N5O10P/c1-30-9-3-11(31-2)10(5-20-17-14-18(22-7-21-14)24-8-23-17)12(4-9)33-19-16(26)15(25)13(34-19)6-32-35(27,28)29/h3-4,7-8,13,15-16,19,25-26H,5-6H2,1-2H3,(H2,27,28,29)(H2,20,21,22,23,24)/t13-,15-,16-,19?/m1/s1. The number of anilines is 1. The van der Waals surface area contributed by atoms with Gasteiger partial charge < -0.3 is 49.2 Å². The predicted molar refractivity (Wildman–Crippen MR) is 118 cm³/mol. The van der Waals surface area contributed by atoms with Gasteiger partial charge in [0, 0.05) is 18.7 Å². The number of phosphoric ester groups is 1. The van der Waals surface area contributed by atoms with Gasteiger partial charge in [-0.15, -0.1) is 0 Å². The molecule has 0 radical (unpaired) electrons. The molecule has 1 saturated heterocycles. The van der Waals surface area contributed by atoms with E-state index < -0.39 is 39.0 Å². The second-order valence-corrected chi connectivity index (χ2v) is 8.65. The van der Waals surface area contributed by atoms with E-state index in [9.17, 15) is 14.8 Å². The molecule has 2 aromatic heterocycles. The molecule has 1 aromatic carbocycles. The molecular formula is C19H24N5O10P. The van der Waals surface area contributed by atoms with Crippen molar-refractivity contribution in [3.05, 3.63) is 30.4 Å². The number of phosphoric acid groups is 1. The zero-order valence-corrected chi connectivity index (χ0v) is 19.5. The van der Waals surface area contributed by atoms with Gasteiger partial charge in [-0.25, -0.2) is 19.5 Å². The second kappa shape index (κ2) is 10.3. The molecule has 6 N–H and O–H groups in total. The SMILES string of the molecule is COc1cc(OC)c(CNc2ncnc3nc[nH]c23)c(OC2O[C@H](COP(=O)(O)O)[C@@H](O)[C@H]2O)c1. The van der Waals surface area contributed by atoms with Gasteiger partial charge in [0.2, 0.25) is 6.29 Å². The molecule has 35 heavy (non-hydrogen) atoms. The number of aromatic nitrogens is 4. The zero-order valence-electron chi connectivity index (χ0n) is 18.6. The average Bonchev–Trinajstić information content (AvgIpc) is 3.41. The quantitative estimate of drug-likeness (QED) is 0.196. The van der Waals surface area contributed by atoms with Crippen LogP contribution in [0.3, 0.4) is 0 Å². The number of ether oxygens (including phenoxy) is 4. The molecule has 0 amide bonds. The first-order valence-corrected chi connectivity index (χ1v) is 11.7. The molecule has 1 fully saturated rings. The molecule has 4 rings (SSSR count). The highest BCUT2D eigenvalue weighted by Crippen LogP contribution is 2.39. The molecule has 0 aliphatic carbocycles. The van der Waals surface area contributed by atoms with E-state index >= 15 is 0 Å². The summed E-state index contributed by atoms with van der Waals surface area (Å²) in [5, 5.41) is 23.8. The lowest BCUT2D eigenvalue weighted by atomic mass is 10.1. The molecular weight excluding hydrogens is 489 g/mol. The largest absolute Gasteiger partial charge is 0.496 e. The third-order valence-corrected chi connectivity index (χ3v) is 5.71. The van der Waals surface area contributed by atoms with Crippen molar-refractivity contribution in [2.45, 2.75) is 31.1 Å². The van der Waals surface area contributed by atoms with Crippen molar-refractivity contribution in [1.82, 2.24) is 19.9 Å².